The van der Waals surface area contributed by atoms with Gasteiger partial charge >= 0.3 is 0 Å². The Morgan fingerprint density at radius 1 is 1.00 bits per heavy atom. The van der Waals surface area contributed by atoms with E-state index in [0.29, 0.717) is 5.75 Å². The predicted molar refractivity (Wildman–Crippen MR) is 72.9 cm³/mol. The minimum atomic E-state index is 0.187. The van der Waals surface area contributed by atoms with Gasteiger partial charge in [0.1, 0.15) is 0 Å². The maximum Gasteiger partial charge on any atom is 0.160 e. The highest BCUT2D eigenvalue weighted by Crippen LogP contribution is 2.26. The van der Waals surface area contributed by atoms with Crippen LogP contribution in [0.4, 0.5) is 5.69 Å². The van der Waals surface area contributed by atoms with Crippen LogP contribution in [0.3, 0.4) is 0 Å². The normalized spacial score (nSPS) is 10.3. The van der Waals surface area contributed by atoms with Crippen molar-refractivity contribution in [2.45, 2.75) is 12.8 Å². The van der Waals surface area contributed by atoms with Gasteiger partial charge in [0.15, 0.2) is 11.5 Å². The molecule has 0 amide bonds. The van der Waals surface area contributed by atoms with E-state index in [9.17, 15) is 5.11 Å². The highest BCUT2D eigenvalue weighted by Gasteiger charge is 2.02. The third-order valence-electron chi connectivity index (χ3n) is 2.93. The molecule has 94 valence electrons. The van der Waals surface area contributed by atoms with Crippen LogP contribution < -0.4 is 10.5 Å². The monoisotopic (exact) mass is 243 g/mol. The van der Waals surface area contributed by atoms with Crippen LogP contribution in [0, 0.1) is 0 Å². The molecule has 3 heteroatoms. The minimum Gasteiger partial charge on any atom is -0.504 e. The Bertz CT molecular complexity index is 521. The number of nitrogen functional groups attached to an aromatic ring is 1. The Labute approximate surface area is 107 Å². The van der Waals surface area contributed by atoms with Crippen molar-refractivity contribution in [1.82, 2.24) is 0 Å². The van der Waals surface area contributed by atoms with Crippen molar-refractivity contribution in [3.05, 3.63) is 53.6 Å². The first-order valence-electron chi connectivity index (χ1n) is 5.89. The SMILES string of the molecule is COc1ccc(CCc2ccc(N)cc2)cc1O. The van der Waals surface area contributed by atoms with Crippen LogP contribution >= 0.6 is 0 Å². The first-order chi connectivity index (χ1) is 8.69. The maximum absolute atomic E-state index is 9.68. The lowest BCUT2D eigenvalue weighted by molar-refractivity contribution is 0.373. The Morgan fingerprint density at radius 2 is 1.61 bits per heavy atom. The van der Waals surface area contributed by atoms with Gasteiger partial charge in [-0.05, 0) is 48.2 Å². The molecule has 0 heterocycles. The van der Waals surface area contributed by atoms with Gasteiger partial charge in [-0.25, -0.2) is 0 Å². The van der Waals surface area contributed by atoms with Gasteiger partial charge in [-0.3, -0.25) is 0 Å². The van der Waals surface area contributed by atoms with E-state index in [1.54, 1.807) is 19.2 Å². The maximum atomic E-state index is 9.68. The molecule has 0 aliphatic heterocycles. The quantitative estimate of drug-likeness (QED) is 0.812. The number of aromatic hydroxyl groups is 1. The summed E-state index contributed by atoms with van der Waals surface area (Å²) in [6.45, 7) is 0. The number of hydrogen-bond donors (Lipinski definition) is 2. The first-order valence-corrected chi connectivity index (χ1v) is 5.89. The van der Waals surface area contributed by atoms with E-state index >= 15 is 0 Å². The molecular weight excluding hydrogens is 226 g/mol. The van der Waals surface area contributed by atoms with Crippen LogP contribution in [-0.4, -0.2) is 12.2 Å². The highest BCUT2D eigenvalue weighted by molar-refractivity contribution is 5.42. The molecule has 0 radical (unpaired) electrons. The molecule has 2 rings (SSSR count). The van der Waals surface area contributed by atoms with Crippen molar-refractivity contribution in [2.24, 2.45) is 0 Å². The van der Waals surface area contributed by atoms with E-state index < -0.39 is 0 Å². The summed E-state index contributed by atoms with van der Waals surface area (Å²) in [6, 6.07) is 13.4. The molecule has 0 fully saturated rings. The van der Waals surface area contributed by atoms with Gasteiger partial charge in [0, 0.05) is 5.69 Å². The van der Waals surface area contributed by atoms with Gasteiger partial charge < -0.3 is 15.6 Å². The van der Waals surface area contributed by atoms with E-state index in [2.05, 4.69) is 0 Å². The molecule has 2 aromatic carbocycles. The Hall–Kier alpha value is -2.16. The zero-order valence-electron chi connectivity index (χ0n) is 10.4. The van der Waals surface area contributed by atoms with E-state index in [-0.39, 0.29) is 5.75 Å². The van der Waals surface area contributed by atoms with Crippen LogP contribution in [0.1, 0.15) is 11.1 Å². The van der Waals surface area contributed by atoms with E-state index in [1.165, 1.54) is 5.56 Å². The van der Waals surface area contributed by atoms with Crippen molar-refractivity contribution < 1.29 is 9.84 Å². The lowest BCUT2D eigenvalue weighted by atomic mass is 10.0. The first kappa shape index (κ1) is 12.3. The smallest absolute Gasteiger partial charge is 0.160 e. The van der Waals surface area contributed by atoms with Crippen LogP contribution in [0.15, 0.2) is 42.5 Å². The van der Waals surface area contributed by atoms with Crippen molar-refractivity contribution in [3.63, 3.8) is 0 Å². The van der Waals surface area contributed by atoms with Gasteiger partial charge in [0.05, 0.1) is 7.11 Å². The molecule has 0 bridgehead atoms. The molecule has 18 heavy (non-hydrogen) atoms. The summed E-state index contributed by atoms with van der Waals surface area (Å²) in [5, 5.41) is 9.68. The van der Waals surface area contributed by atoms with Gasteiger partial charge in [-0.2, -0.15) is 0 Å². The molecule has 0 saturated carbocycles. The number of anilines is 1. The molecule has 2 aromatic rings. The number of methoxy groups -OCH3 is 1. The third kappa shape index (κ3) is 2.94. The van der Waals surface area contributed by atoms with Crippen LogP contribution in [-0.2, 0) is 12.8 Å². The van der Waals surface area contributed by atoms with E-state index in [1.807, 2.05) is 30.3 Å². The van der Waals surface area contributed by atoms with Crippen molar-refractivity contribution in [2.75, 3.05) is 12.8 Å². The van der Waals surface area contributed by atoms with Gasteiger partial charge in [0.25, 0.3) is 0 Å². The van der Waals surface area contributed by atoms with Crippen molar-refractivity contribution >= 4 is 5.69 Å². The number of ether oxygens (including phenoxy) is 1. The molecule has 0 atom stereocenters. The largest absolute Gasteiger partial charge is 0.504 e. The van der Waals surface area contributed by atoms with Crippen molar-refractivity contribution in [3.8, 4) is 11.5 Å². The number of hydrogen-bond acceptors (Lipinski definition) is 3. The summed E-state index contributed by atoms with van der Waals surface area (Å²) in [5.41, 5.74) is 8.74. The average molecular weight is 243 g/mol. The standard InChI is InChI=1S/C15H17NO2/c1-18-15-9-6-12(10-14(15)17)3-2-11-4-7-13(16)8-5-11/h4-10,17H,2-3,16H2,1H3. The molecule has 0 aromatic heterocycles. The van der Waals surface area contributed by atoms with Gasteiger partial charge in [-0.15, -0.1) is 0 Å². The predicted octanol–water partition coefficient (Wildman–Crippen LogP) is 2.77. The summed E-state index contributed by atoms with van der Waals surface area (Å²) >= 11 is 0. The fourth-order valence-corrected chi connectivity index (χ4v) is 1.86. The summed E-state index contributed by atoms with van der Waals surface area (Å²) < 4.78 is 5.01. The lowest BCUT2D eigenvalue weighted by Gasteiger charge is -2.06. The van der Waals surface area contributed by atoms with Crippen LogP contribution in [0.5, 0.6) is 11.5 Å². The fourth-order valence-electron chi connectivity index (χ4n) is 1.86. The topological polar surface area (TPSA) is 55.5 Å². The Morgan fingerprint density at radius 3 is 2.22 bits per heavy atom. The van der Waals surface area contributed by atoms with Crippen LogP contribution in [0.2, 0.25) is 0 Å². The molecule has 3 N–H and O–H groups in total. The van der Waals surface area contributed by atoms with E-state index in [4.69, 9.17) is 10.5 Å². The lowest BCUT2D eigenvalue weighted by Crippen LogP contribution is -1.93. The number of phenols is 1. The fraction of sp³-hybridized carbons (Fsp3) is 0.200. The zero-order chi connectivity index (χ0) is 13.0. The number of aryl methyl sites for hydroxylation is 2. The molecule has 0 aliphatic rings. The van der Waals surface area contributed by atoms with E-state index in [0.717, 1.165) is 24.1 Å². The second-order valence-electron chi connectivity index (χ2n) is 4.25. The van der Waals surface area contributed by atoms with Crippen LogP contribution in [0.25, 0.3) is 0 Å². The summed E-state index contributed by atoms with van der Waals surface area (Å²) in [7, 11) is 1.54. The molecule has 0 spiro atoms. The summed E-state index contributed by atoms with van der Waals surface area (Å²) in [5.74, 6) is 0.693. The average Bonchev–Trinajstić information content (AvgIpc) is 2.38. The summed E-state index contributed by atoms with van der Waals surface area (Å²) in [6.07, 6.45) is 1.80. The minimum absolute atomic E-state index is 0.187. The van der Waals surface area contributed by atoms with Crippen molar-refractivity contribution in [1.29, 1.82) is 0 Å². The molecule has 0 aliphatic carbocycles. The summed E-state index contributed by atoms with van der Waals surface area (Å²) in [4.78, 5) is 0. The number of benzene rings is 2. The second-order valence-corrected chi connectivity index (χ2v) is 4.25. The van der Waals surface area contributed by atoms with Gasteiger partial charge in [-0.1, -0.05) is 18.2 Å². The Kier molecular flexibility index (Phi) is 3.72. The number of rotatable bonds is 4. The zero-order valence-corrected chi connectivity index (χ0v) is 10.4. The highest BCUT2D eigenvalue weighted by atomic mass is 16.5. The second kappa shape index (κ2) is 5.45. The molecule has 0 unspecified atom stereocenters. The van der Waals surface area contributed by atoms with Gasteiger partial charge in [0.2, 0.25) is 0 Å². The number of phenolic OH excluding ortho intramolecular Hbond substituents is 1. The number of nitrogens with two attached hydrogens (primary N) is 1. The molecular formula is C15H17NO2. The molecule has 0 saturated heterocycles. The molecule has 3 nitrogen and oxygen atoms in total. The third-order valence-corrected chi connectivity index (χ3v) is 2.93. The Balaban J connectivity index is 2.02.